The van der Waals surface area contributed by atoms with Crippen LogP contribution in [0.2, 0.25) is 0 Å². The molecule has 0 aromatic rings. The molecule has 1 saturated heterocycles. The third-order valence-electron chi connectivity index (χ3n) is 2.15. The van der Waals surface area contributed by atoms with E-state index in [4.69, 9.17) is 9.63 Å². The molecule has 0 bridgehead atoms. The van der Waals surface area contributed by atoms with Gasteiger partial charge in [-0.15, -0.1) is 0 Å². The van der Waals surface area contributed by atoms with E-state index in [0.29, 0.717) is 22.6 Å². The average Bonchev–Trinajstić information content (AvgIpc) is 2.41. The lowest BCUT2D eigenvalue weighted by Crippen LogP contribution is -2.34. The van der Waals surface area contributed by atoms with E-state index in [0.717, 1.165) is 0 Å². The summed E-state index contributed by atoms with van der Waals surface area (Å²) in [5.41, 5.74) is 0.308. The van der Waals surface area contributed by atoms with E-state index in [1.54, 1.807) is 12.9 Å². The summed E-state index contributed by atoms with van der Waals surface area (Å²) in [5, 5.41) is 9.97. The van der Waals surface area contributed by atoms with Crippen LogP contribution >= 0.6 is 0 Å². The summed E-state index contributed by atoms with van der Waals surface area (Å²) < 4.78 is 4.95. The predicted molar refractivity (Wildman–Crippen MR) is 47.3 cm³/mol. The van der Waals surface area contributed by atoms with Crippen molar-refractivity contribution >= 4 is 22.4 Å². The molecule has 1 N–H and O–H groups in total. The highest BCUT2D eigenvalue weighted by Crippen LogP contribution is 2.30. The van der Waals surface area contributed by atoms with Crippen LogP contribution in [0.25, 0.3) is 0 Å². The first kappa shape index (κ1) is 9.98. The van der Waals surface area contributed by atoms with Crippen molar-refractivity contribution in [3.63, 3.8) is 0 Å². The third-order valence-corrected chi connectivity index (χ3v) is 2.54. The van der Waals surface area contributed by atoms with Crippen LogP contribution in [0.15, 0.2) is 5.70 Å². The highest BCUT2D eigenvalue weighted by atomic mass is 28.2. The number of allylic oxidation sites excluding steroid dienone is 1. The highest BCUT2D eigenvalue weighted by molar-refractivity contribution is 5.98. The minimum absolute atomic E-state index is 0.0902. The van der Waals surface area contributed by atoms with Crippen molar-refractivity contribution in [2.45, 2.75) is 19.4 Å². The molecule has 0 amide bonds. The van der Waals surface area contributed by atoms with Crippen molar-refractivity contribution in [1.82, 2.24) is 5.06 Å². The second-order valence-corrected chi connectivity index (χ2v) is 3.35. The van der Waals surface area contributed by atoms with Crippen LogP contribution in [0.1, 0.15) is 13.3 Å². The van der Waals surface area contributed by atoms with Gasteiger partial charge in [0.25, 0.3) is 0 Å². The van der Waals surface area contributed by atoms with Crippen LogP contribution in [0, 0.1) is 5.92 Å². The zero-order valence-corrected chi connectivity index (χ0v) is 9.48. The largest absolute Gasteiger partial charge is 0.480 e. The number of nitrogens with zero attached hydrogens (tertiary/aromatic N) is 1. The Kier molecular flexibility index (Phi) is 2.87. The fourth-order valence-corrected chi connectivity index (χ4v) is 1.95. The van der Waals surface area contributed by atoms with Gasteiger partial charge in [0.2, 0.25) is 0 Å². The number of carbonyl (C=O) groups is 1. The van der Waals surface area contributed by atoms with Gasteiger partial charge in [-0.3, -0.25) is 0 Å². The van der Waals surface area contributed by atoms with Crippen LogP contribution in [-0.2, 0) is 14.1 Å². The molecule has 1 rings (SSSR count). The summed E-state index contributed by atoms with van der Waals surface area (Å²) in [5.74, 6) is 0.671. The summed E-state index contributed by atoms with van der Waals surface area (Å²) in [4.78, 5) is 21.2. The Morgan fingerprint density at radius 3 is 2.85 bits per heavy atom. The number of hydroxylamine groups is 2. The van der Waals surface area contributed by atoms with E-state index in [1.807, 2.05) is 0 Å². The molecule has 0 radical (unpaired) electrons. The molecule has 0 aromatic heterocycles. The van der Waals surface area contributed by atoms with E-state index in [2.05, 4.69) is 0 Å². The minimum atomic E-state index is -0.965. The Morgan fingerprint density at radius 1 is 1.85 bits per heavy atom. The number of carboxylic acids is 1. The van der Waals surface area contributed by atoms with Gasteiger partial charge in [0.15, 0.2) is 16.5 Å². The van der Waals surface area contributed by atoms with Gasteiger partial charge < -0.3 is 9.63 Å². The van der Waals surface area contributed by atoms with Gasteiger partial charge in [-0.05, 0) is 6.42 Å². The fraction of sp³-hybridized carbons (Fsp3) is 0.571. The van der Waals surface area contributed by atoms with Crippen LogP contribution < -0.4 is 0 Å². The smallest absolute Gasteiger partial charge is 0.328 e. The number of rotatable bonds is 2. The van der Waals surface area contributed by atoms with Gasteiger partial charge in [-0.25, -0.2) is 14.7 Å². The Morgan fingerprint density at radius 2 is 2.46 bits per heavy atom. The van der Waals surface area contributed by atoms with Gasteiger partial charge in [-0.1, -0.05) is 6.92 Å². The quantitative estimate of drug-likeness (QED) is 0.445. The molecule has 72 valence electrons. The third kappa shape index (κ3) is 1.65. The van der Waals surface area contributed by atoms with Crippen LogP contribution in [0.4, 0.5) is 0 Å². The first-order chi connectivity index (χ1) is 6.11. The summed E-state index contributed by atoms with van der Waals surface area (Å²) in [7, 11) is 0.362. The average molecular weight is 201 g/mol. The summed E-state index contributed by atoms with van der Waals surface area (Å²) in [6.45, 7) is 1.79. The molecule has 0 spiro atoms. The number of carboxylic acid groups (broad SMARTS) is 1. The molecule has 0 saturated carbocycles. The van der Waals surface area contributed by atoms with E-state index in [1.165, 1.54) is 5.06 Å². The number of hydrogen-bond donors (Lipinski definition) is 1. The summed E-state index contributed by atoms with van der Waals surface area (Å²) >= 11 is 0. The normalized spacial score (nSPS) is 27.8. The zero-order chi connectivity index (χ0) is 10.0. The first-order valence-corrected chi connectivity index (χ1v) is 4.74. The molecule has 0 aliphatic carbocycles. The summed E-state index contributed by atoms with van der Waals surface area (Å²) in [6, 6.07) is -0.732. The standard InChI is InChI=1S/C7H11NO4Si/c1-4-2-5(7(10)11)8(12-13)6(4)3-9/h4-5H,2H2,1,13H3,(H,10,11). The Bertz CT molecular complexity index is 274. The van der Waals surface area contributed by atoms with Crippen LogP contribution in [-0.4, -0.2) is 38.6 Å². The number of hydrogen-bond acceptors (Lipinski definition) is 4. The molecular formula is C7H11NO4Si. The van der Waals surface area contributed by atoms with Gasteiger partial charge in [0.1, 0.15) is 11.6 Å². The molecule has 1 aliphatic heterocycles. The van der Waals surface area contributed by atoms with Crippen molar-refractivity contribution in [1.29, 1.82) is 0 Å². The SMILES string of the molecule is CC1CC(C(=O)O)N(O[SiH3])C1=C=O. The molecule has 1 fully saturated rings. The van der Waals surface area contributed by atoms with Gasteiger partial charge in [0, 0.05) is 5.92 Å². The van der Waals surface area contributed by atoms with Crippen LogP contribution in [0.3, 0.4) is 0 Å². The Labute approximate surface area is 78.5 Å². The molecule has 2 atom stereocenters. The van der Waals surface area contributed by atoms with Crippen molar-refractivity contribution in [3.8, 4) is 0 Å². The van der Waals surface area contributed by atoms with Crippen LogP contribution in [0.5, 0.6) is 0 Å². The van der Waals surface area contributed by atoms with Crippen molar-refractivity contribution < 1.29 is 19.2 Å². The number of aliphatic carboxylic acids is 1. The van der Waals surface area contributed by atoms with Gasteiger partial charge in [-0.2, -0.15) is 0 Å². The fourth-order valence-electron chi connectivity index (χ4n) is 1.50. The molecule has 13 heavy (non-hydrogen) atoms. The molecular weight excluding hydrogens is 190 g/mol. The minimum Gasteiger partial charge on any atom is -0.480 e. The molecule has 0 aromatic carbocycles. The van der Waals surface area contributed by atoms with Crippen molar-refractivity contribution in [3.05, 3.63) is 5.70 Å². The molecule has 2 unspecified atom stereocenters. The maximum atomic E-state index is 10.7. The van der Waals surface area contributed by atoms with E-state index < -0.39 is 12.0 Å². The van der Waals surface area contributed by atoms with E-state index >= 15 is 0 Å². The highest BCUT2D eigenvalue weighted by Gasteiger charge is 2.39. The molecule has 1 heterocycles. The first-order valence-electron chi connectivity index (χ1n) is 3.93. The molecule has 6 heteroatoms. The maximum absolute atomic E-state index is 10.7. The van der Waals surface area contributed by atoms with E-state index in [9.17, 15) is 9.59 Å². The Balaban J connectivity index is 2.94. The van der Waals surface area contributed by atoms with Gasteiger partial charge >= 0.3 is 5.97 Å². The second-order valence-electron chi connectivity index (χ2n) is 2.99. The lowest BCUT2D eigenvalue weighted by Gasteiger charge is -2.20. The number of carbonyl (C=O) groups excluding carboxylic acids is 1. The van der Waals surface area contributed by atoms with Crippen molar-refractivity contribution in [2.75, 3.05) is 0 Å². The predicted octanol–water partition coefficient (Wildman–Crippen LogP) is -1.29. The van der Waals surface area contributed by atoms with E-state index in [-0.39, 0.29) is 5.92 Å². The second kappa shape index (κ2) is 3.74. The monoisotopic (exact) mass is 201 g/mol. The zero-order valence-electron chi connectivity index (χ0n) is 7.48. The van der Waals surface area contributed by atoms with Crippen molar-refractivity contribution in [2.24, 2.45) is 5.92 Å². The maximum Gasteiger partial charge on any atom is 0.328 e. The molecule has 5 nitrogen and oxygen atoms in total. The lowest BCUT2D eigenvalue weighted by molar-refractivity contribution is -0.151. The summed E-state index contributed by atoms with van der Waals surface area (Å²) in [6.07, 6.45) is 0.405. The Hall–Kier alpha value is -1.10. The topological polar surface area (TPSA) is 66.8 Å². The lowest BCUT2D eigenvalue weighted by atomic mass is 10.1. The van der Waals surface area contributed by atoms with Gasteiger partial charge in [0.05, 0.1) is 0 Å². The molecule has 1 aliphatic rings.